The van der Waals surface area contributed by atoms with E-state index < -0.39 is 5.91 Å². The molecule has 0 spiro atoms. The van der Waals surface area contributed by atoms with Crippen molar-refractivity contribution in [2.45, 2.75) is 32.5 Å². The van der Waals surface area contributed by atoms with E-state index in [1.165, 1.54) is 11.3 Å². The van der Waals surface area contributed by atoms with E-state index in [0.29, 0.717) is 30.2 Å². The van der Waals surface area contributed by atoms with Crippen LogP contribution in [0.1, 0.15) is 29.8 Å². The van der Waals surface area contributed by atoms with Crippen molar-refractivity contribution >= 4 is 39.5 Å². The molecule has 4 aromatic rings. The van der Waals surface area contributed by atoms with Gasteiger partial charge in [-0.15, -0.1) is 21.6 Å². The molecule has 39 heavy (non-hydrogen) atoms. The molecule has 11 heteroatoms. The highest BCUT2D eigenvalue weighted by Gasteiger charge is 2.35. The molecule has 0 radical (unpaired) electrons. The van der Waals surface area contributed by atoms with Gasteiger partial charge in [0.25, 0.3) is 5.56 Å². The highest BCUT2D eigenvalue weighted by atomic mass is 32.1. The molecule has 0 saturated carbocycles. The number of aromatic hydroxyl groups is 1. The summed E-state index contributed by atoms with van der Waals surface area (Å²) >= 11 is 1.53. The molecule has 2 aliphatic heterocycles. The molecule has 200 valence electrons. The highest BCUT2D eigenvalue weighted by Crippen LogP contribution is 2.40. The van der Waals surface area contributed by atoms with E-state index in [9.17, 15) is 14.7 Å². The first kappa shape index (κ1) is 25.2. The van der Waals surface area contributed by atoms with Crippen LogP contribution in [0.2, 0.25) is 0 Å². The number of azo groups is 1. The first-order valence-electron chi connectivity index (χ1n) is 12.8. The van der Waals surface area contributed by atoms with Gasteiger partial charge in [0, 0.05) is 42.7 Å². The van der Waals surface area contributed by atoms with E-state index >= 15 is 0 Å². The van der Waals surface area contributed by atoms with Crippen LogP contribution in [0.5, 0.6) is 5.88 Å². The molecule has 1 aromatic carbocycles. The van der Waals surface area contributed by atoms with Crippen molar-refractivity contribution in [1.82, 2.24) is 14.0 Å². The number of pyridine rings is 1. The second-order valence-corrected chi connectivity index (χ2v) is 11.0. The average Bonchev–Trinajstić information content (AvgIpc) is 3.56. The zero-order chi connectivity index (χ0) is 26.9. The fourth-order valence-electron chi connectivity index (χ4n) is 5.67. The topological polar surface area (TPSA) is 114 Å². The monoisotopic (exact) mass is 544 g/mol. The van der Waals surface area contributed by atoms with Crippen LogP contribution < -0.4 is 5.56 Å². The molecular formula is C28H28N6O4S. The minimum absolute atomic E-state index is 0.0485. The number of thiophene rings is 1. The van der Waals surface area contributed by atoms with E-state index in [1.807, 2.05) is 58.5 Å². The van der Waals surface area contributed by atoms with Crippen LogP contribution in [-0.2, 0) is 22.8 Å². The summed E-state index contributed by atoms with van der Waals surface area (Å²) in [6.45, 7) is 4.22. The minimum Gasteiger partial charge on any atom is -0.493 e. The van der Waals surface area contributed by atoms with E-state index in [-0.39, 0.29) is 29.7 Å². The fourth-order valence-corrected chi connectivity index (χ4v) is 6.34. The number of carbonyl (C=O) groups excluding carboxylic acids is 1. The van der Waals surface area contributed by atoms with E-state index in [1.54, 1.807) is 17.6 Å². The summed E-state index contributed by atoms with van der Waals surface area (Å²) in [5.41, 5.74) is 2.86. The van der Waals surface area contributed by atoms with Crippen LogP contribution in [0.25, 0.3) is 10.9 Å². The quantitative estimate of drug-likeness (QED) is 0.206. The van der Waals surface area contributed by atoms with Gasteiger partial charge < -0.3 is 14.5 Å². The van der Waals surface area contributed by atoms with Crippen LogP contribution in [0.4, 0.5) is 5.69 Å². The number of oxime groups is 1. The van der Waals surface area contributed by atoms with Crippen molar-refractivity contribution in [2.24, 2.45) is 21.3 Å². The van der Waals surface area contributed by atoms with Gasteiger partial charge in [-0.25, -0.2) is 0 Å². The predicted octanol–water partition coefficient (Wildman–Crippen LogP) is 4.70. The molecule has 1 N–H and O–H groups in total. The van der Waals surface area contributed by atoms with Crippen LogP contribution in [-0.4, -0.2) is 50.5 Å². The van der Waals surface area contributed by atoms with Gasteiger partial charge >= 0.3 is 5.91 Å². The first-order valence-corrected chi connectivity index (χ1v) is 13.7. The lowest BCUT2D eigenvalue weighted by Gasteiger charge is -2.42. The molecule has 1 amide bonds. The van der Waals surface area contributed by atoms with Crippen molar-refractivity contribution in [3.8, 4) is 5.88 Å². The van der Waals surface area contributed by atoms with Crippen LogP contribution in [0.15, 0.2) is 80.2 Å². The summed E-state index contributed by atoms with van der Waals surface area (Å²) in [7, 11) is 0. The van der Waals surface area contributed by atoms with Crippen molar-refractivity contribution in [1.29, 1.82) is 0 Å². The molecule has 0 aliphatic carbocycles. The third-order valence-electron chi connectivity index (χ3n) is 7.34. The molecule has 5 heterocycles. The maximum absolute atomic E-state index is 12.4. The normalized spacial score (nSPS) is 19.5. The Bertz CT molecular complexity index is 1640. The van der Waals surface area contributed by atoms with E-state index in [2.05, 4.69) is 20.3 Å². The summed E-state index contributed by atoms with van der Waals surface area (Å²) < 4.78 is 3.71. The Hall–Kier alpha value is -4.09. The Morgan fingerprint density at radius 2 is 1.97 bits per heavy atom. The second kappa shape index (κ2) is 10.6. The van der Waals surface area contributed by atoms with Gasteiger partial charge in [0.05, 0.1) is 22.8 Å². The number of aromatic nitrogens is 2. The Balaban J connectivity index is 1.19. The molecule has 6 rings (SSSR count). The number of fused-ring (bicyclic) bond motifs is 5. The van der Waals surface area contributed by atoms with Gasteiger partial charge in [-0.2, -0.15) is 0 Å². The summed E-state index contributed by atoms with van der Waals surface area (Å²) in [5.74, 6) is -0.0271. The first-order chi connectivity index (χ1) is 19.0. The van der Waals surface area contributed by atoms with Crippen molar-refractivity contribution in [2.75, 3.05) is 19.7 Å². The number of likely N-dealkylation sites (tertiary alicyclic amines) is 1. The lowest BCUT2D eigenvalue weighted by molar-refractivity contribution is -0.122. The number of carbonyl (C=O) groups is 1. The lowest BCUT2D eigenvalue weighted by atomic mass is 9.83. The van der Waals surface area contributed by atoms with Crippen LogP contribution >= 0.6 is 11.3 Å². The molecular weight excluding hydrogens is 516 g/mol. The number of rotatable bonds is 7. The van der Waals surface area contributed by atoms with Crippen LogP contribution in [0, 0.1) is 5.92 Å². The Kier molecular flexibility index (Phi) is 6.84. The zero-order valence-corrected chi connectivity index (χ0v) is 22.3. The smallest absolute Gasteiger partial charge is 0.304 e. The van der Waals surface area contributed by atoms with Gasteiger partial charge in [-0.1, -0.05) is 35.5 Å². The van der Waals surface area contributed by atoms with Gasteiger partial charge in [-0.05, 0) is 42.8 Å². The maximum atomic E-state index is 12.4. The SMILES string of the molecule is C/C(=N/OCC(=O)N=Nc1c(O)n(CN2C[C@H]3C[C@H](C2)c2cccc(=O)n2C3)c2ccccc12)c1cccs1. The predicted molar refractivity (Wildman–Crippen MR) is 149 cm³/mol. The van der Waals surface area contributed by atoms with Gasteiger partial charge in [0.2, 0.25) is 5.88 Å². The summed E-state index contributed by atoms with van der Waals surface area (Å²) in [6, 6.07) is 16.9. The summed E-state index contributed by atoms with van der Waals surface area (Å²) in [4.78, 5) is 33.1. The number of amides is 1. The molecule has 2 bridgehead atoms. The lowest BCUT2D eigenvalue weighted by Crippen LogP contribution is -2.47. The molecule has 3 aromatic heterocycles. The van der Waals surface area contributed by atoms with Gasteiger partial charge in [0.1, 0.15) is 0 Å². The van der Waals surface area contributed by atoms with Gasteiger partial charge in [0.15, 0.2) is 12.3 Å². The van der Waals surface area contributed by atoms with Crippen molar-refractivity contribution in [3.05, 3.63) is 80.9 Å². The van der Waals surface area contributed by atoms with E-state index in [4.69, 9.17) is 4.84 Å². The molecule has 10 nitrogen and oxygen atoms in total. The fraction of sp³-hybridized carbons (Fsp3) is 0.321. The molecule has 2 atom stereocenters. The van der Waals surface area contributed by atoms with Gasteiger partial charge in [-0.3, -0.25) is 19.1 Å². The van der Waals surface area contributed by atoms with Crippen molar-refractivity contribution in [3.63, 3.8) is 0 Å². The minimum atomic E-state index is -0.605. The van der Waals surface area contributed by atoms with Crippen molar-refractivity contribution < 1.29 is 14.7 Å². The third kappa shape index (κ3) is 5.02. The standard InChI is InChI=1S/C28H28N6O4S/c1-18(24-9-5-11-39-24)31-38-16-25(35)29-30-27-21-6-2-3-7-23(21)34(28(27)37)17-32-13-19-12-20(15-32)22-8-4-10-26(36)33(22)14-19/h2-11,19-20,37H,12-17H2,1H3/b30-29?,31-18-/t19-,20-/m1/s1. The number of hydrogen-bond donors (Lipinski definition) is 1. The highest BCUT2D eigenvalue weighted by molar-refractivity contribution is 7.12. The Morgan fingerprint density at radius 1 is 1.10 bits per heavy atom. The molecule has 2 aliphatic rings. The Morgan fingerprint density at radius 3 is 2.82 bits per heavy atom. The summed E-state index contributed by atoms with van der Waals surface area (Å²) in [6.07, 6.45) is 1.05. The number of nitrogens with zero attached hydrogens (tertiary/aromatic N) is 6. The molecule has 1 fully saturated rings. The molecule has 1 saturated heterocycles. The number of para-hydroxylation sites is 1. The summed E-state index contributed by atoms with van der Waals surface area (Å²) in [5, 5.41) is 25.7. The zero-order valence-electron chi connectivity index (χ0n) is 21.4. The third-order valence-corrected chi connectivity index (χ3v) is 8.32. The largest absolute Gasteiger partial charge is 0.493 e. The maximum Gasteiger partial charge on any atom is 0.304 e. The average molecular weight is 545 g/mol. The Labute approximate surface area is 228 Å². The van der Waals surface area contributed by atoms with Crippen LogP contribution in [0.3, 0.4) is 0 Å². The second-order valence-electron chi connectivity index (χ2n) is 10.0. The number of piperidine rings is 1. The number of hydrogen-bond acceptors (Lipinski definition) is 8. The number of benzene rings is 1. The molecule has 0 unspecified atom stereocenters. The van der Waals surface area contributed by atoms with E-state index in [0.717, 1.165) is 35.6 Å².